The first-order valence-corrected chi connectivity index (χ1v) is 6.55. The summed E-state index contributed by atoms with van der Waals surface area (Å²) in [6, 6.07) is 6.01. The fourth-order valence-electron chi connectivity index (χ4n) is 1.68. The van der Waals surface area contributed by atoms with Gasteiger partial charge in [0.05, 0.1) is 12.3 Å². The number of nitrogens with zero attached hydrogens (tertiary/aromatic N) is 2. The van der Waals surface area contributed by atoms with Crippen molar-refractivity contribution in [2.45, 2.75) is 6.61 Å². The zero-order valence-electron chi connectivity index (χ0n) is 11.0. The van der Waals surface area contributed by atoms with Crippen molar-refractivity contribution in [2.24, 2.45) is 0 Å². The van der Waals surface area contributed by atoms with E-state index in [1.54, 1.807) is 24.1 Å². The van der Waals surface area contributed by atoms with Gasteiger partial charge in [0.2, 0.25) is 0 Å². The quantitative estimate of drug-likeness (QED) is 0.919. The molecule has 1 aromatic carbocycles. The monoisotopic (exact) mass is 296 g/mol. The second-order valence-corrected chi connectivity index (χ2v) is 5.03. The minimum absolute atomic E-state index is 0.120. The molecule has 0 aliphatic heterocycles. The summed E-state index contributed by atoms with van der Waals surface area (Å²) >= 11 is 1.03. The summed E-state index contributed by atoms with van der Waals surface area (Å²) in [6.45, 7) is 0.120. The van der Waals surface area contributed by atoms with Crippen molar-refractivity contribution in [2.75, 3.05) is 19.1 Å². The summed E-state index contributed by atoms with van der Waals surface area (Å²) in [5.41, 5.74) is 0.961. The third-order valence-electron chi connectivity index (χ3n) is 2.64. The lowest BCUT2D eigenvalue weighted by atomic mass is 10.3. The van der Waals surface area contributed by atoms with Gasteiger partial charge in [-0.05, 0) is 18.2 Å². The zero-order valence-corrected chi connectivity index (χ0v) is 11.8. The highest BCUT2D eigenvalue weighted by atomic mass is 32.1. The molecule has 0 radical (unpaired) electrons. The molecule has 0 unspecified atom stereocenters. The predicted octanol–water partition coefficient (Wildman–Crippen LogP) is 2.89. The lowest BCUT2D eigenvalue weighted by Crippen LogP contribution is -2.09. The lowest BCUT2D eigenvalue weighted by Gasteiger charge is -2.15. The molecule has 0 aliphatic carbocycles. The molecule has 0 spiro atoms. The number of hydrogen-bond donors (Lipinski definition) is 1. The van der Waals surface area contributed by atoms with E-state index in [4.69, 9.17) is 9.84 Å². The van der Waals surface area contributed by atoms with E-state index >= 15 is 0 Å². The fourth-order valence-corrected chi connectivity index (χ4v) is 2.57. The molecule has 0 amide bonds. The molecule has 0 aliphatic rings. The van der Waals surface area contributed by atoms with Crippen molar-refractivity contribution < 1.29 is 19.0 Å². The minimum Gasteiger partial charge on any atom is -0.477 e. The van der Waals surface area contributed by atoms with Crippen LogP contribution in [0.4, 0.5) is 15.2 Å². The number of halogens is 1. The normalized spacial score (nSPS) is 10.6. The van der Waals surface area contributed by atoms with E-state index in [9.17, 15) is 9.18 Å². The summed E-state index contributed by atoms with van der Waals surface area (Å²) in [7, 11) is 3.18. The lowest BCUT2D eigenvalue weighted by molar-refractivity contribution is 0.0697. The molecule has 2 aromatic rings. The van der Waals surface area contributed by atoms with Crippen molar-refractivity contribution in [1.82, 2.24) is 4.98 Å². The van der Waals surface area contributed by atoms with Gasteiger partial charge in [-0.3, -0.25) is 0 Å². The average molecular weight is 296 g/mol. The van der Waals surface area contributed by atoms with E-state index in [1.807, 2.05) is 0 Å². The van der Waals surface area contributed by atoms with Gasteiger partial charge in [-0.25, -0.2) is 14.2 Å². The molecule has 7 heteroatoms. The van der Waals surface area contributed by atoms with Gasteiger partial charge in [0, 0.05) is 19.8 Å². The van der Waals surface area contributed by atoms with Crippen molar-refractivity contribution in [3.8, 4) is 0 Å². The number of carbonyl (C=O) groups is 1. The second-order valence-electron chi connectivity index (χ2n) is 4.05. The van der Waals surface area contributed by atoms with Crippen molar-refractivity contribution in [3.63, 3.8) is 0 Å². The summed E-state index contributed by atoms with van der Waals surface area (Å²) in [4.78, 5) is 17.2. The zero-order chi connectivity index (χ0) is 14.7. The summed E-state index contributed by atoms with van der Waals surface area (Å²) in [5, 5.41) is 9.61. The first-order valence-electron chi connectivity index (χ1n) is 5.74. The summed E-state index contributed by atoms with van der Waals surface area (Å²) in [6.07, 6.45) is 0. The number of anilines is 2. The Morgan fingerprint density at radius 1 is 1.55 bits per heavy atom. The number of carboxylic acids is 1. The largest absolute Gasteiger partial charge is 0.477 e. The molecule has 2 rings (SSSR count). The van der Waals surface area contributed by atoms with Gasteiger partial charge in [-0.15, -0.1) is 0 Å². The Balaban J connectivity index is 2.37. The van der Waals surface area contributed by atoms with E-state index in [1.165, 1.54) is 19.2 Å². The van der Waals surface area contributed by atoms with Crippen LogP contribution in [0.3, 0.4) is 0 Å². The number of aromatic nitrogens is 1. The standard InChI is InChI=1S/C13H13FN2O3S/c1-16(9-5-3-4-8(14)6-9)13-15-10(7-19-2)11(20-13)12(17)18/h3-6H,7H2,1-2H3,(H,17,18). The summed E-state index contributed by atoms with van der Waals surface area (Å²) in [5.74, 6) is -1.41. The van der Waals surface area contributed by atoms with Gasteiger partial charge >= 0.3 is 5.97 Å². The van der Waals surface area contributed by atoms with Crippen LogP contribution in [0.1, 0.15) is 15.4 Å². The van der Waals surface area contributed by atoms with Gasteiger partial charge in [0.1, 0.15) is 10.7 Å². The van der Waals surface area contributed by atoms with Crippen LogP contribution in [-0.2, 0) is 11.3 Å². The molecule has 0 fully saturated rings. The van der Waals surface area contributed by atoms with Crippen LogP contribution in [0.25, 0.3) is 0 Å². The second kappa shape index (κ2) is 5.98. The van der Waals surface area contributed by atoms with E-state index < -0.39 is 5.97 Å². The first-order chi connectivity index (χ1) is 9.52. The highest BCUT2D eigenvalue weighted by Gasteiger charge is 2.19. The van der Waals surface area contributed by atoms with Gasteiger partial charge in [-0.1, -0.05) is 17.4 Å². The molecule has 1 heterocycles. The highest BCUT2D eigenvalue weighted by molar-refractivity contribution is 7.17. The number of benzene rings is 1. The van der Waals surface area contributed by atoms with Crippen molar-refractivity contribution >= 4 is 28.1 Å². The number of carboxylic acid groups (broad SMARTS) is 1. The number of aromatic carboxylic acids is 1. The summed E-state index contributed by atoms with van der Waals surface area (Å²) < 4.78 is 18.2. The van der Waals surface area contributed by atoms with E-state index in [2.05, 4.69) is 4.98 Å². The van der Waals surface area contributed by atoms with Crippen LogP contribution in [0.5, 0.6) is 0 Å². The molecular weight excluding hydrogens is 283 g/mol. The molecule has 0 saturated heterocycles. The van der Waals surface area contributed by atoms with Gasteiger partial charge in [0.15, 0.2) is 5.13 Å². The Morgan fingerprint density at radius 3 is 2.90 bits per heavy atom. The minimum atomic E-state index is -1.05. The molecule has 5 nitrogen and oxygen atoms in total. The molecule has 0 atom stereocenters. The molecule has 1 aromatic heterocycles. The van der Waals surface area contributed by atoms with Crippen LogP contribution in [0, 0.1) is 5.82 Å². The molecule has 106 valence electrons. The molecule has 20 heavy (non-hydrogen) atoms. The third-order valence-corrected chi connectivity index (χ3v) is 3.81. The van der Waals surface area contributed by atoms with Crippen LogP contribution >= 0.6 is 11.3 Å². The van der Waals surface area contributed by atoms with Crippen LogP contribution < -0.4 is 4.90 Å². The number of ether oxygens (including phenoxy) is 1. The molecule has 0 saturated carbocycles. The van der Waals surface area contributed by atoms with Crippen LogP contribution in [0.15, 0.2) is 24.3 Å². The Bertz CT molecular complexity index is 630. The van der Waals surface area contributed by atoms with Crippen LogP contribution in [-0.4, -0.2) is 30.2 Å². The third kappa shape index (κ3) is 2.94. The maximum Gasteiger partial charge on any atom is 0.347 e. The maximum absolute atomic E-state index is 13.2. The average Bonchev–Trinajstić information content (AvgIpc) is 2.82. The highest BCUT2D eigenvalue weighted by Crippen LogP contribution is 2.31. The van der Waals surface area contributed by atoms with Crippen molar-refractivity contribution in [1.29, 1.82) is 0 Å². The molecule has 1 N–H and O–H groups in total. The Hall–Kier alpha value is -1.99. The SMILES string of the molecule is COCc1nc(N(C)c2cccc(F)c2)sc1C(=O)O. The number of thiazole rings is 1. The van der Waals surface area contributed by atoms with Crippen LogP contribution in [0.2, 0.25) is 0 Å². The van der Waals surface area contributed by atoms with E-state index in [0.717, 1.165) is 11.3 Å². The Labute approximate surface area is 119 Å². The number of hydrogen-bond acceptors (Lipinski definition) is 5. The fraction of sp³-hybridized carbons (Fsp3) is 0.231. The van der Waals surface area contributed by atoms with Gasteiger partial charge in [-0.2, -0.15) is 0 Å². The predicted molar refractivity (Wildman–Crippen MR) is 74.2 cm³/mol. The smallest absolute Gasteiger partial charge is 0.347 e. The molecule has 0 bridgehead atoms. The first kappa shape index (κ1) is 14.4. The number of rotatable bonds is 5. The Kier molecular flexibility index (Phi) is 4.31. The Morgan fingerprint density at radius 2 is 2.30 bits per heavy atom. The maximum atomic E-state index is 13.2. The van der Waals surface area contributed by atoms with Gasteiger partial charge in [0.25, 0.3) is 0 Å². The molecular formula is C13H13FN2O3S. The van der Waals surface area contributed by atoms with E-state index in [0.29, 0.717) is 16.5 Å². The van der Waals surface area contributed by atoms with E-state index in [-0.39, 0.29) is 17.3 Å². The topological polar surface area (TPSA) is 62.7 Å². The van der Waals surface area contributed by atoms with Gasteiger partial charge < -0.3 is 14.7 Å². The van der Waals surface area contributed by atoms with Crippen molar-refractivity contribution in [3.05, 3.63) is 40.7 Å². The number of methoxy groups -OCH3 is 1.